The van der Waals surface area contributed by atoms with E-state index in [1.807, 2.05) is 80.6 Å². The third-order valence-electron chi connectivity index (χ3n) is 10.6. The first-order valence-electron chi connectivity index (χ1n) is 17.9. The largest absolute Gasteiger partial charge is 0.455 e. The van der Waals surface area contributed by atoms with Crippen molar-refractivity contribution in [2.24, 2.45) is 17.8 Å². The average Bonchev–Trinajstić information content (AvgIpc) is 3.72. The fourth-order valence-electron chi connectivity index (χ4n) is 8.01. The molecule has 4 aliphatic heterocycles. The Balaban J connectivity index is 1.47. The minimum Gasteiger partial charge on any atom is -0.455 e. The van der Waals surface area contributed by atoms with Gasteiger partial charge in [0.2, 0.25) is 11.8 Å². The van der Waals surface area contributed by atoms with Crippen LogP contribution in [-0.2, 0) is 28.7 Å². The Labute approximate surface area is 307 Å². The van der Waals surface area contributed by atoms with Gasteiger partial charge in [0.05, 0.1) is 25.1 Å². The van der Waals surface area contributed by atoms with Crippen molar-refractivity contribution in [2.45, 2.75) is 70.4 Å². The van der Waals surface area contributed by atoms with Crippen LogP contribution >= 0.6 is 15.9 Å². The third-order valence-corrected chi connectivity index (χ3v) is 11.3. The van der Waals surface area contributed by atoms with Crippen LogP contribution in [0.2, 0.25) is 0 Å². The zero-order chi connectivity index (χ0) is 36.4. The maximum atomic E-state index is 15.2. The molecule has 2 aromatic carbocycles. The topological polar surface area (TPSA) is 129 Å². The molecule has 12 heteroatoms. The van der Waals surface area contributed by atoms with Crippen LogP contribution in [0.25, 0.3) is 0 Å². The number of cyclic esters (lactones) is 1. The number of hydrogen-bond acceptors (Lipinski definition) is 8. The van der Waals surface area contributed by atoms with Gasteiger partial charge in [-0.25, -0.2) is 0 Å². The molecule has 2 saturated heterocycles. The number of nitrogens with zero attached hydrogens (tertiary/aromatic N) is 3. The van der Waals surface area contributed by atoms with Gasteiger partial charge in [-0.3, -0.25) is 19.2 Å². The molecule has 0 saturated carbocycles. The highest BCUT2D eigenvalue weighted by molar-refractivity contribution is 9.11. The first-order valence-corrected chi connectivity index (χ1v) is 18.7. The van der Waals surface area contributed by atoms with Crippen molar-refractivity contribution in [3.8, 4) is 0 Å². The molecule has 1 spiro atoms. The molecule has 6 rings (SSSR count). The lowest BCUT2D eigenvalue weighted by molar-refractivity contribution is -0.160. The smallest absolute Gasteiger partial charge is 0.313 e. The molecule has 7 atom stereocenters. The third kappa shape index (κ3) is 6.73. The number of allylic oxidation sites excluding steroid dienone is 1. The van der Waals surface area contributed by atoms with Crippen molar-refractivity contribution in [1.82, 2.24) is 10.2 Å². The number of benzene rings is 2. The molecule has 2 N–H and O–H groups in total. The number of likely N-dealkylation sites (tertiary alicyclic amines) is 1. The lowest BCUT2D eigenvalue weighted by Gasteiger charge is -2.40. The van der Waals surface area contributed by atoms with E-state index in [0.717, 1.165) is 18.8 Å². The number of amides is 3. The molecule has 4 aliphatic rings. The summed E-state index contributed by atoms with van der Waals surface area (Å²) in [6, 6.07) is 14.9. The van der Waals surface area contributed by atoms with Crippen LogP contribution in [0.3, 0.4) is 0 Å². The molecule has 2 fully saturated rings. The second-order valence-corrected chi connectivity index (χ2v) is 14.8. The number of carbonyl (C=O) groups excluding carboxylic acids is 4. The minimum atomic E-state index is -1.50. The van der Waals surface area contributed by atoms with Crippen molar-refractivity contribution in [3.63, 3.8) is 0 Å². The molecule has 4 heterocycles. The molecule has 51 heavy (non-hydrogen) atoms. The van der Waals surface area contributed by atoms with E-state index in [1.54, 1.807) is 11.0 Å². The van der Waals surface area contributed by atoms with Crippen LogP contribution in [0.4, 0.5) is 11.4 Å². The van der Waals surface area contributed by atoms with Crippen LogP contribution in [0, 0.1) is 17.8 Å². The molecule has 0 unspecified atom stereocenters. The fourth-order valence-corrected chi connectivity index (χ4v) is 8.74. The average molecular weight is 764 g/mol. The molecule has 5 bridgehead atoms. The summed E-state index contributed by atoms with van der Waals surface area (Å²) in [5.74, 6) is -4.10. The highest BCUT2D eigenvalue weighted by atomic mass is 79.9. The van der Waals surface area contributed by atoms with E-state index in [0.29, 0.717) is 22.2 Å². The molecule has 3 amide bonds. The van der Waals surface area contributed by atoms with E-state index in [9.17, 15) is 19.5 Å². The summed E-state index contributed by atoms with van der Waals surface area (Å²) in [4.78, 5) is 62.6. The molecule has 0 aromatic heterocycles. The normalized spacial score (nSPS) is 29.5. The number of rotatable bonds is 8. The molecular formula is C39H47BrN4O7. The van der Waals surface area contributed by atoms with Crippen LogP contribution in [-0.4, -0.2) is 90.3 Å². The molecule has 272 valence electrons. The van der Waals surface area contributed by atoms with E-state index in [2.05, 4.69) is 40.0 Å². The summed E-state index contributed by atoms with van der Waals surface area (Å²) < 4.78 is 13.4. The SMILES string of the molecule is CCN(CC)c1ccc(N2C/C=C\CCC(=O)NC[C@H](c3ccccc3)OC(=O)[C@H]3[C@@H]4O[C@@]5(C=C4Br)[C@@H]3C(=O)N([C@@H](CO)C(C)C)[C@@H]5C2=O)cc1. The number of fused-ring (bicyclic) bond motifs is 2. The van der Waals surface area contributed by atoms with E-state index in [-0.39, 0.29) is 37.9 Å². The predicted octanol–water partition coefficient (Wildman–Crippen LogP) is 4.51. The Bertz CT molecular complexity index is 1680. The number of nitrogens with one attached hydrogen (secondary N) is 1. The molecule has 2 aromatic rings. The zero-order valence-corrected chi connectivity index (χ0v) is 31.1. The Morgan fingerprint density at radius 3 is 2.35 bits per heavy atom. The Hall–Kier alpha value is -4.00. The summed E-state index contributed by atoms with van der Waals surface area (Å²) in [5.41, 5.74) is 0.815. The van der Waals surface area contributed by atoms with Crippen molar-refractivity contribution in [2.75, 3.05) is 42.6 Å². The summed E-state index contributed by atoms with van der Waals surface area (Å²) in [5, 5.41) is 13.6. The van der Waals surface area contributed by atoms with Crippen molar-refractivity contribution < 1.29 is 33.8 Å². The van der Waals surface area contributed by atoms with Gasteiger partial charge in [-0.15, -0.1) is 0 Å². The molecule has 11 nitrogen and oxygen atoms in total. The molecular weight excluding hydrogens is 716 g/mol. The second-order valence-electron chi connectivity index (χ2n) is 13.9. The number of carbonyl (C=O) groups is 4. The highest BCUT2D eigenvalue weighted by Crippen LogP contribution is 2.59. The van der Waals surface area contributed by atoms with Gasteiger partial charge >= 0.3 is 5.97 Å². The van der Waals surface area contributed by atoms with Gasteiger partial charge in [0.15, 0.2) is 0 Å². The van der Waals surface area contributed by atoms with E-state index >= 15 is 4.79 Å². The number of hydrogen-bond donors (Lipinski definition) is 2. The lowest BCUT2D eigenvalue weighted by atomic mass is 9.74. The first kappa shape index (κ1) is 36.8. The van der Waals surface area contributed by atoms with E-state index in [4.69, 9.17) is 9.47 Å². The summed E-state index contributed by atoms with van der Waals surface area (Å²) in [7, 11) is 0. The van der Waals surface area contributed by atoms with Gasteiger partial charge in [-0.2, -0.15) is 0 Å². The van der Waals surface area contributed by atoms with E-state index in [1.165, 1.54) is 4.90 Å². The number of aliphatic hydroxyl groups excluding tert-OH is 1. The van der Waals surface area contributed by atoms with Crippen LogP contribution in [0.5, 0.6) is 0 Å². The maximum Gasteiger partial charge on any atom is 0.313 e. The van der Waals surface area contributed by atoms with Gasteiger partial charge in [-0.05, 0) is 62.1 Å². The van der Waals surface area contributed by atoms with Gasteiger partial charge in [-0.1, -0.05) is 72.3 Å². The minimum absolute atomic E-state index is 0.0434. The summed E-state index contributed by atoms with van der Waals surface area (Å²) in [6.45, 7) is 9.42. The van der Waals surface area contributed by atoms with Gasteiger partial charge in [0.1, 0.15) is 29.8 Å². The zero-order valence-electron chi connectivity index (χ0n) is 29.5. The Morgan fingerprint density at radius 1 is 1.00 bits per heavy atom. The summed E-state index contributed by atoms with van der Waals surface area (Å²) >= 11 is 3.61. The van der Waals surface area contributed by atoms with Crippen LogP contribution in [0.1, 0.15) is 52.2 Å². The quantitative estimate of drug-likeness (QED) is 0.297. The summed E-state index contributed by atoms with van der Waals surface area (Å²) in [6.07, 6.45) is 4.43. The second kappa shape index (κ2) is 15.3. The van der Waals surface area contributed by atoms with Crippen LogP contribution in [0.15, 0.2) is 77.3 Å². The molecule has 0 radical (unpaired) electrons. The van der Waals surface area contributed by atoms with Crippen molar-refractivity contribution in [3.05, 3.63) is 82.9 Å². The Morgan fingerprint density at radius 2 is 1.71 bits per heavy atom. The lowest BCUT2D eigenvalue weighted by Crippen LogP contribution is -2.59. The van der Waals surface area contributed by atoms with Crippen molar-refractivity contribution >= 4 is 51.0 Å². The Kier molecular flexibility index (Phi) is 11.0. The first-order chi connectivity index (χ1) is 24.6. The van der Waals surface area contributed by atoms with Crippen LogP contribution < -0.4 is 15.1 Å². The van der Waals surface area contributed by atoms with Gasteiger partial charge in [0.25, 0.3) is 5.91 Å². The highest BCUT2D eigenvalue weighted by Gasteiger charge is 2.75. The van der Waals surface area contributed by atoms with E-state index < -0.39 is 59.5 Å². The number of halogens is 1. The standard InChI is InChI=1S/C39H47BrN4O7/c1-5-42(6-2)26-16-18-27(19-17-26)43-20-12-8-11-15-31(46)41-22-30(25-13-9-7-10-14-25)50-38(49)32-33-36(47)44(29(23-45)24(3)4)35(37(43)48)39(33)21-28(40)34(32)51-39/h7-10,12-14,16-19,21,24,29-30,32-35,45H,5-6,11,15,20,22-23H2,1-4H3,(H,41,46)/b12-8-/t29-,30+,32+,33-,34+,35+,39-/m0/s1. The maximum absolute atomic E-state index is 15.2. The number of esters is 1. The fraction of sp³-hybridized carbons (Fsp3) is 0.487. The number of aliphatic hydroxyl groups is 1. The van der Waals surface area contributed by atoms with Gasteiger partial charge in [0, 0.05) is 41.9 Å². The van der Waals surface area contributed by atoms with Crippen molar-refractivity contribution in [1.29, 1.82) is 0 Å². The van der Waals surface area contributed by atoms with Gasteiger partial charge < -0.3 is 34.6 Å². The molecule has 0 aliphatic carbocycles. The number of anilines is 2. The predicted molar refractivity (Wildman–Crippen MR) is 197 cm³/mol. The monoisotopic (exact) mass is 762 g/mol. The number of ether oxygens (including phenoxy) is 2.